The molecule has 1 aliphatic heterocycles. The molecular formula is C16H16N2O3S2. The van der Waals surface area contributed by atoms with Crippen LogP contribution in [0, 0.1) is 18.3 Å². The fraction of sp³-hybridized carbons (Fsp3) is 0.250. The molecule has 1 heterocycles. The van der Waals surface area contributed by atoms with Gasteiger partial charge in [-0.05, 0) is 36.6 Å². The lowest BCUT2D eigenvalue weighted by Gasteiger charge is -2.05. The maximum Gasteiger partial charge on any atom is 0.328 e. The van der Waals surface area contributed by atoms with Gasteiger partial charge in [0.25, 0.3) is 0 Å². The number of hydrogen-bond donors (Lipinski definition) is 0. The standard InChI is InChI=1S/C16H16N2O3S2/c1-3-10-23(19,20)21-18-16-9-8-15(22-16)14(11-17)13-7-5-4-6-12(13)2/h4-9H,3,10H2,1-2H3/b15-14+,18-16-. The summed E-state index contributed by atoms with van der Waals surface area (Å²) in [5.41, 5.74) is 2.38. The van der Waals surface area contributed by atoms with Crippen molar-refractivity contribution in [2.75, 3.05) is 5.75 Å². The molecule has 2 rings (SSSR count). The fourth-order valence-electron chi connectivity index (χ4n) is 1.99. The van der Waals surface area contributed by atoms with E-state index in [9.17, 15) is 13.7 Å². The van der Waals surface area contributed by atoms with Crippen LogP contribution in [0.1, 0.15) is 24.5 Å². The molecule has 1 aliphatic rings. The summed E-state index contributed by atoms with van der Waals surface area (Å²) >= 11 is 1.21. The molecule has 0 aliphatic carbocycles. The highest BCUT2D eigenvalue weighted by Gasteiger charge is 2.18. The Morgan fingerprint density at radius 3 is 2.74 bits per heavy atom. The first kappa shape index (κ1) is 17.3. The maximum atomic E-state index is 11.5. The first-order valence-electron chi connectivity index (χ1n) is 7.02. The molecule has 0 atom stereocenters. The van der Waals surface area contributed by atoms with E-state index in [-0.39, 0.29) is 5.75 Å². The number of nitrogens with zero attached hydrogens (tertiary/aromatic N) is 2. The third kappa shape index (κ3) is 4.47. The van der Waals surface area contributed by atoms with Crippen molar-refractivity contribution >= 4 is 32.5 Å². The Labute approximate surface area is 140 Å². The normalized spacial score (nSPS) is 18.0. The number of hydrogen-bond acceptors (Lipinski definition) is 6. The first-order valence-corrected chi connectivity index (χ1v) is 9.42. The smallest absolute Gasteiger partial charge is 0.267 e. The van der Waals surface area contributed by atoms with Crippen LogP contribution < -0.4 is 0 Å². The Morgan fingerprint density at radius 2 is 2.09 bits per heavy atom. The molecule has 1 aromatic carbocycles. The molecule has 1 aromatic rings. The lowest BCUT2D eigenvalue weighted by molar-refractivity contribution is 0.340. The zero-order valence-corrected chi connectivity index (χ0v) is 14.4. The van der Waals surface area contributed by atoms with Crippen LogP contribution in [-0.2, 0) is 14.4 Å². The van der Waals surface area contributed by atoms with E-state index < -0.39 is 10.1 Å². The molecule has 0 saturated heterocycles. The molecule has 0 saturated carbocycles. The highest BCUT2D eigenvalue weighted by Crippen LogP contribution is 2.34. The van der Waals surface area contributed by atoms with Crippen LogP contribution in [-0.4, -0.2) is 19.2 Å². The van der Waals surface area contributed by atoms with Crippen LogP contribution >= 0.6 is 11.8 Å². The van der Waals surface area contributed by atoms with Crippen molar-refractivity contribution in [1.29, 1.82) is 5.26 Å². The lowest BCUT2D eigenvalue weighted by atomic mass is 10.0. The van der Waals surface area contributed by atoms with Crippen LogP contribution in [0.25, 0.3) is 5.57 Å². The van der Waals surface area contributed by atoms with Gasteiger partial charge in [-0.2, -0.15) is 13.7 Å². The van der Waals surface area contributed by atoms with Crippen molar-refractivity contribution < 1.29 is 12.7 Å². The van der Waals surface area contributed by atoms with Gasteiger partial charge in [-0.3, -0.25) is 4.28 Å². The lowest BCUT2D eigenvalue weighted by Crippen LogP contribution is -2.06. The monoisotopic (exact) mass is 348 g/mol. The van der Waals surface area contributed by atoms with Gasteiger partial charge in [0.1, 0.15) is 11.1 Å². The van der Waals surface area contributed by atoms with Gasteiger partial charge in [0.2, 0.25) is 0 Å². The van der Waals surface area contributed by atoms with Crippen LogP contribution in [0.5, 0.6) is 0 Å². The Kier molecular flexibility index (Phi) is 5.64. The molecule has 0 fully saturated rings. The van der Waals surface area contributed by atoms with Crippen molar-refractivity contribution in [3.8, 4) is 6.07 Å². The Hall–Kier alpha value is -2.04. The number of allylic oxidation sites excluding steroid dienone is 2. The predicted octanol–water partition coefficient (Wildman–Crippen LogP) is 3.60. The summed E-state index contributed by atoms with van der Waals surface area (Å²) in [4.78, 5) is 0.719. The molecule has 0 N–H and O–H groups in total. The summed E-state index contributed by atoms with van der Waals surface area (Å²) in [7, 11) is -3.64. The minimum atomic E-state index is -3.64. The van der Waals surface area contributed by atoms with Gasteiger partial charge in [-0.25, -0.2) is 0 Å². The molecule has 0 spiro atoms. The van der Waals surface area contributed by atoms with Crippen molar-refractivity contribution in [3.63, 3.8) is 0 Å². The second-order valence-electron chi connectivity index (χ2n) is 4.87. The van der Waals surface area contributed by atoms with Crippen molar-refractivity contribution in [3.05, 3.63) is 52.4 Å². The van der Waals surface area contributed by atoms with Gasteiger partial charge in [0, 0.05) is 4.91 Å². The van der Waals surface area contributed by atoms with Gasteiger partial charge in [-0.15, -0.1) is 0 Å². The minimum Gasteiger partial charge on any atom is -0.267 e. The third-order valence-electron chi connectivity index (χ3n) is 3.06. The number of oxime groups is 1. The fourth-order valence-corrected chi connectivity index (χ4v) is 3.64. The molecule has 0 amide bonds. The zero-order valence-electron chi connectivity index (χ0n) is 12.8. The highest BCUT2D eigenvalue weighted by atomic mass is 32.2. The predicted molar refractivity (Wildman–Crippen MR) is 93.0 cm³/mol. The van der Waals surface area contributed by atoms with E-state index in [2.05, 4.69) is 15.5 Å². The number of rotatable bonds is 5. The molecule has 0 aromatic heterocycles. The molecule has 0 unspecified atom stereocenters. The summed E-state index contributed by atoms with van der Waals surface area (Å²) in [6.45, 7) is 3.69. The van der Waals surface area contributed by atoms with Gasteiger partial charge in [0.05, 0.1) is 11.3 Å². The molecule has 0 radical (unpaired) electrons. The molecule has 7 heteroatoms. The molecular weight excluding hydrogens is 332 g/mol. The van der Waals surface area contributed by atoms with Crippen molar-refractivity contribution in [2.45, 2.75) is 20.3 Å². The number of nitriles is 1. The van der Waals surface area contributed by atoms with E-state index in [0.29, 0.717) is 17.0 Å². The van der Waals surface area contributed by atoms with Crippen molar-refractivity contribution in [1.82, 2.24) is 0 Å². The molecule has 120 valence electrons. The average Bonchev–Trinajstić information content (AvgIpc) is 2.97. The summed E-state index contributed by atoms with van der Waals surface area (Å²) in [5.74, 6) is -0.0759. The Balaban J connectivity index is 2.23. The van der Waals surface area contributed by atoms with E-state index in [1.54, 1.807) is 19.1 Å². The van der Waals surface area contributed by atoms with E-state index in [0.717, 1.165) is 16.0 Å². The summed E-state index contributed by atoms with van der Waals surface area (Å²) in [6, 6.07) is 9.81. The summed E-state index contributed by atoms with van der Waals surface area (Å²) in [5, 5.41) is 13.5. The van der Waals surface area contributed by atoms with Crippen LogP contribution in [0.2, 0.25) is 0 Å². The third-order valence-corrected chi connectivity index (χ3v) is 5.25. The molecule has 0 bridgehead atoms. The summed E-state index contributed by atoms with van der Waals surface area (Å²) < 4.78 is 27.6. The largest absolute Gasteiger partial charge is 0.328 e. The number of benzene rings is 1. The van der Waals surface area contributed by atoms with Crippen LogP contribution in [0.3, 0.4) is 0 Å². The van der Waals surface area contributed by atoms with Gasteiger partial charge in [0.15, 0.2) is 0 Å². The maximum absolute atomic E-state index is 11.5. The van der Waals surface area contributed by atoms with Crippen LogP contribution in [0.15, 0.2) is 46.5 Å². The SMILES string of the molecule is CCCS(=O)(=O)O/N=C1C=C/C(=C(/C#N)c2ccccc2C)S/1. The Morgan fingerprint density at radius 1 is 1.35 bits per heavy atom. The second kappa shape index (κ2) is 7.49. The highest BCUT2D eigenvalue weighted by molar-refractivity contribution is 8.18. The Bertz CT molecular complexity index is 831. The zero-order chi connectivity index (χ0) is 16.9. The average molecular weight is 348 g/mol. The van der Waals surface area contributed by atoms with Gasteiger partial charge in [-0.1, -0.05) is 48.1 Å². The molecule has 23 heavy (non-hydrogen) atoms. The quantitative estimate of drug-likeness (QED) is 0.600. The topological polar surface area (TPSA) is 79.5 Å². The molecule has 5 nitrogen and oxygen atoms in total. The van der Waals surface area contributed by atoms with E-state index >= 15 is 0 Å². The van der Waals surface area contributed by atoms with Crippen molar-refractivity contribution in [2.24, 2.45) is 5.16 Å². The van der Waals surface area contributed by atoms with Gasteiger partial charge >= 0.3 is 10.1 Å². The van der Waals surface area contributed by atoms with E-state index in [1.165, 1.54) is 11.8 Å². The van der Waals surface area contributed by atoms with Gasteiger partial charge < -0.3 is 0 Å². The number of aryl methyl sites for hydroxylation is 1. The first-order chi connectivity index (χ1) is 11.0. The number of thioether (sulfide) groups is 1. The van der Waals surface area contributed by atoms with Crippen LogP contribution in [0.4, 0.5) is 0 Å². The minimum absolute atomic E-state index is 0.0759. The van der Waals surface area contributed by atoms with E-state index in [1.807, 2.05) is 31.2 Å². The van der Waals surface area contributed by atoms with E-state index in [4.69, 9.17) is 0 Å². The second-order valence-corrected chi connectivity index (χ2v) is 7.60. The summed E-state index contributed by atoms with van der Waals surface area (Å²) in [6.07, 6.45) is 3.84.